The van der Waals surface area contributed by atoms with Crippen molar-refractivity contribution >= 4 is 27.5 Å². The molecule has 51 heavy (non-hydrogen) atoms. The molecule has 0 aliphatic rings. The molecule has 1 N–H and O–H groups in total. The van der Waals surface area contributed by atoms with Crippen molar-refractivity contribution in [3.05, 3.63) is 156 Å². The van der Waals surface area contributed by atoms with Crippen molar-refractivity contribution < 1.29 is 22.7 Å². The Labute approximate surface area is 301 Å². The molecule has 5 rings (SSSR count). The van der Waals surface area contributed by atoms with E-state index in [1.165, 1.54) is 4.90 Å². The summed E-state index contributed by atoms with van der Waals surface area (Å²) in [5.41, 5.74) is 3.91. The monoisotopic (exact) mass is 703 g/mol. The Morgan fingerprint density at radius 3 is 2.00 bits per heavy atom. The Kier molecular flexibility index (Phi) is 12.6. The van der Waals surface area contributed by atoms with Crippen LogP contribution in [0.5, 0.6) is 11.5 Å². The molecule has 5 aromatic carbocycles. The summed E-state index contributed by atoms with van der Waals surface area (Å²) in [5, 5.41) is 3.03. The van der Waals surface area contributed by atoms with Crippen LogP contribution in [0.3, 0.4) is 0 Å². The highest BCUT2D eigenvalue weighted by molar-refractivity contribution is 7.92. The van der Waals surface area contributed by atoms with Crippen molar-refractivity contribution in [2.75, 3.05) is 17.4 Å². The minimum atomic E-state index is -4.23. The van der Waals surface area contributed by atoms with Crippen LogP contribution in [0.25, 0.3) is 0 Å². The van der Waals surface area contributed by atoms with Crippen molar-refractivity contribution in [3.8, 4) is 11.5 Å². The first-order valence-corrected chi connectivity index (χ1v) is 18.7. The third kappa shape index (κ3) is 10.1. The van der Waals surface area contributed by atoms with Crippen molar-refractivity contribution in [2.45, 2.75) is 57.5 Å². The van der Waals surface area contributed by atoms with E-state index < -0.39 is 28.5 Å². The van der Waals surface area contributed by atoms with Gasteiger partial charge in [0.25, 0.3) is 10.0 Å². The van der Waals surface area contributed by atoms with E-state index in [0.717, 1.165) is 39.4 Å². The van der Waals surface area contributed by atoms with E-state index in [-0.39, 0.29) is 29.5 Å². The molecule has 0 aliphatic heterocycles. The molecule has 9 heteroatoms. The zero-order valence-corrected chi connectivity index (χ0v) is 30.2. The number of para-hydroxylation sites is 1. The van der Waals surface area contributed by atoms with Gasteiger partial charge in [0.05, 0.1) is 10.6 Å². The summed E-state index contributed by atoms with van der Waals surface area (Å²) in [4.78, 5) is 30.3. The number of carbonyl (C=O) groups is 2. The molecule has 5 aromatic rings. The highest BCUT2D eigenvalue weighted by atomic mass is 32.2. The van der Waals surface area contributed by atoms with Gasteiger partial charge < -0.3 is 15.0 Å². The van der Waals surface area contributed by atoms with Crippen molar-refractivity contribution in [1.29, 1.82) is 0 Å². The van der Waals surface area contributed by atoms with Gasteiger partial charge in [0.15, 0.2) is 0 Å². The van der Waals surface area contributed by atoms with E-state index in [0.29, 0.717) is 18.0 Å². The second kappa shape index (κ2) is 17.5. The molecule has 8 nitrogen and oxygen atoms in total. The van der Waals surface area contributed by atoms with Crippen molar-refractivity contribution in [2.24, 2.45) is 0 Å². The second-order valence-corrected chi connectivity index (χ2v) is 14.5. The van der Waals surface area contributed by atoms with Crippen LogP contribution in [-0.2, 0) is 32.6 Å². The van der Waals surface area contributed by atoms with Crippen LogP contribution in [-0.4, -0.2) is 44.3 Å². The average molecular weight is 704 g/mol. The van der Waals surface area contributed by atoms with Crippen LogP contribution in [0.15, 0.2) is 138 Å². The van der Waals surface area contributed by atoms with Crippen LogP contribution < -0.4 is 14.4 Å². The van der Waals surface area contributed by atoms with Gasteiger partial charge in [0.1, 0.15) is 24.1 Å². The quantitative estimate of drug-likeness (QED) is 0.106. The van der Waals surface area contributed by atoms with E-state index in [2.05, 4.69) is 5.32 Å². The predicted octanol–water partition coefficient (Wildman–Crippen LogP) is 7.85. The lowest BCUT2D eigenvalue weighted by Crippen LogP contribution is -2.53. The van der Waals surface area contributed by atoms with Gasteiger partial charge >= 0.3 is 0 Å². The van der Waals surface area contributed by atoms with Gasteiger partial charge in [0, 0.05) is 19.5 Å². The maximum atomic E-state index is 14.7. The smallest absolute Gasteiger partial charge is 0.264 e. The molecule has 0 saturated heterocycles. The standard InChI is InChI=1S/C42H45N3O5S/c1-4-5-27-43-42(47)40(29-34-14-8-6-9-15-34)44(30-35-16-12-13-33(3)28-35)41(46)31-45(51(48,49)39-25-19-32(2)20-26-39)36-21-23-38(24-22-36)50-37-17-10-7-11-18-37/h6-26,28,40H,4-5,27,29-31H2,1-3H3,(H,43,47)/t40-/m0/s1. The number of nitrogens with one attached hydrogen (secondary N) is 1. The third-order valence-corrected chi connectivity index (χ3v) is 10.3. The summed E-state index contributed by atoms with van der Waals surface area (Å²) in [6, 6.07) is 38.8. The summed E-state index contributed by atoms with van der Waals surface area (Å²) in [6.07, 6.45) is 1.95. The summed E-state index contributed by atoms with van der Waals surface area (Å²) in [7, 11) is -4.23. The van der Waals surface area contributed by atoms with E-state index in [9.17, 15) is 18.0 Å². The van der Waals surface area contributed by atoms with Gasteiger partial charge in [-0.15, -0.1) is 0 Å². The van der Waals surface area contributed by atoms with Crippen LogP contribution in [0.2, 0.25) is 0 Å². The van der Waals surface area contributed by atoms with Gasteiger partial charge in [-0.3, -0.25) is 13.9 Å². The number of ether oxygens (including phenoxy) is 1. The molecule has 0 bridgehead atoms. The van der Waals surface area contributed by atoms with E-state index in [1.54, 1.807) is 48.5 Å². The molecule has 0 heterocycles. The van der Waals surface area contributed by atoms with E-state index >= 15 is 0 Å². The van der Waals surface area contributed by atoms with Crippen LogP contribution >= 0.6 is 0 Å². The maximum Gasteiger partial charge on any atom is 0.264 e. The minimum Gasteiger partial charge on any atom is -0.457 e. The number of amides is 2. The number of hydrogen-bond donors (Lipinski definition) is 1. The molecule has 264 valence electrons. The van der Waals surface area contributed by atoms with Gasteiger partial charge in [-0.05, 0) is 79.9 Å². The predicted molar refractivity (Wildman–Crippen MR) is 202 cm³/mol. The Hall–Kier alpha value is -5.41. The third-order valence-electron chi connectivity index (χ3n) is 8.53. The molecule has 0 spiro atoms. The molecular weight excluding hydrogens is 659 g/mol. The zero-order valence-electron chi connectivity index (χ0n) is 29.4. The number of benzene rings is 5. The first-order valence-electron chi connectivity index (χ1n) is 17.2. The number of aryl methyl sites for hydroxylation is 2. The molecule has 1 atom stereocenters. The lowest BCUT2D eigenvalue weighted by molar-refractivity contribution is -0.140. The lowest BCUT2D eigenvalue weighted by atomic mass is 10.0. The number of sulfonamides is 1. The first kappa shape index (κ1) is 36.9. The lowest BCUT2D eigenvalue weighted by Gasteiger charge is -2.34. The summed E-state index contributed by atoms with van der Waals surface area (Å²) in [5.74, 6) is 0.349. The molecule has 0 aliphatic carbocycles. The first-order chi connectivity index (χ1) is 24.6. The fraction of sp³-hybridized carbons (Fsp3) is 0.238. The van der Waals surface area contributed by atoms with Gasteiger partial charge in [0.2, 0.25) is 11.8 Å². The Morgan fingerprint density at radius 2 is 1.35 bits per heavy atom. The number of unbranched alkanes of at least 4 members (excludes halogenated alkanes) is 1. The average Bonchev–Trinajstić information content (AvgIpc) is 3.13. The normalized spacial score (nSPS) is 11.7. The van der Waals surface area contributed by atoms with E-state index in [4.69, 9.17) is 4.74 Å². The Balaban J connectivity index is 1.55. The molecule has 0 fully saturated rings. The van der Waals surface area contributed by atoms with Crippen LogP contribution in [0.4, 0.5) is 5.69 Å². The largest absolute Gasteiger partial charge is 0.457 e. The zero-order chi connectivity index (χ0) is 36.2. The highest BCUT2D eigenvalue weighted by Gasteiger charge is 2.34. The SMILES string of the molecule is CCCCNC(=O)[C@H](Cc1ccccc1)N(Cc1cccc(C)c1)C(=O)CN(c1ccc(Oc2ccccc2)cc1)S(=O)(=O)c1ccc(C)cc1. The van der Waals surface area contributed by atoms with E-state index in [1.807, 2.05) is 106 Å². The molecule has 0 radical (unpaired) electrons. The minimum absolute atomic E-state index is 0.0499. The fourth-order valence-electron chi connectivity index (χ4n) is 5.74. The topological polar surface area (TPSA) is 96.0 Å². The van der Waals surface area contributed by atoms with Gasteiger partial charge in [-0.2, -0.15) is 0 Å². The summed E-state index contributed by atoms with van der Waals surface area (Å²) < 4.78 is 35.9. The van der Waals surface area contributed by atoms with Crippen molar-refractivity contribution in [3.63, 3.8) is 0 Å². The highest BCUT2D eigenvalue weighted by Crippen LogP contribution is 2.29. The molecule has 0 aromatic heterocycles. The fourth-order valence-corrected chi connectivity index (χ4v) is 7.15. The Bertz CT molecular complexity index is 1980. The van der Waals surface area contributed by atoms with Gasteiger partial charge in [-0.1, -0.05) is 109 Å². The molecule has 2 amide bonds. The van der Waals surface area contributed by atoms with Crippen LogP contribution in [0, 0.1) is 13.8 Å². The number of nitrogens with zero attached hydrogens (tertiary/aromatic N) is 2. The number of anilines is 1. The molecule has 0 saturated carbocycles. The summed E-state index contributed by atoms with van der Waals surface area (Å²) >= 11 is 0. The number of hydrogen-bond acceptors (Lipinski definition) is 5. The maximum absolute atomic E-state index is 14.7. The van der Waals surface area contributed by atoms with Crippen LogP contribution in [0.1, 0.15) is 42.0 Å². The Morgan fingerprint density at radius 1 is 0.725 bits per heavy atom. The summed E-state index contributed by atoms with van der Waals surface area (Å²) in [6.45, 7) is 5.94. The number of carbonyl (C=O) groups excluding carboxylic acids is 2. The van der Waals surface area contributed by atoms with Gasteiger partial charge in [-0.25, -0.2) is 8.42 Å². The second-order valence-electron chi connectivity index (χ2n) is 12.6. The molecule has 0 unspecified atom stereocenters. The number of rotatable bonds is 16. The molecular formula is C42H45N3O5S. The van der Waals surface area contributed by atoms with Crippen molar-refractivity contribution in [1.82, 2.24) is 10.2 Å².